The predicted octanol–water partition coefficient (Wildman–Crippen LogP) is 2.15. The fourth-order valence-electron chi connectivity index (χ4n) is 2.67. The molecule has 0 bridgehead atoms. The minimum Gasteiger partial charge on any atom is -0.497 e. The Kier molecular flexibility index (Phi) is 5.85. The molecule has 2 aromatic rings. The standard InChI is InChI=1S/C18H22N4O4/c1-24-12-5-6-14(16(10-12)25-2)21-18-19-8-7-15(22-18)17(23)20-11-13-4-3-9-26-13/h5-8,10,13H,3-4,9,11H2,1-2H3,(H,20,23)(H,19,21,22). The molecule has 1 aromatic carbocycles. The molecule has 8 nitrogen and oxygen atoms in total. The number of hydrogen-bond donors (Lipinski definition) is 2. The lowest BCUT2D eigenvalue weighted by atomic mass is 10.2. The van der Waals surface area contributed by atoms with Crippen LogP contribution in [0.15, 0.2) is 30.5 Å². The summed E-state index contributed by atoms with van der Waals surface area (Å²) in [5, 5.41) is 5.91. The molecule has 26 heavy (non-hydrogen) atoms. The first kappa shape index (κ1) is 17.9. The molecular weight excluding hydrogens is 336 g/mol. The molecular formula is C18H22N4O4. The lowest BCUT2D eigenvalue weighted by molar-refractivity contribution is 0.0853. The molecule has 0 saturated carbocycles. The van der Waals surface area contributed by atoms with Crippen molar-refractivity contribution in [3.8, 4) is 11.5 Å². The topological polar surface area (TPSA) is 94.6 Å². The molecule has 3 rings (SSSR count). The molecule has 2 N–H and O–H groups in total. The number of carbonyl (C=O) groups excluding carboxylic acids is 1. The lowest BCUT2D eigenvalue weighted by Crippen LogP contribution is -2.32. The average molecular weight is 358 g/mol. The Morgan fingerprint density at radius 1 is 1.31 bits per heavy atom. The number of nitrogens with zero attached hydrogens (tertiary/aromatic N) is 2. The van der Waals surface area contributed by atoms with Crippen LogP contribution in [0.2, 0.25) is 0 Å². The second kappa shape index (κ2) is 8.48. The third-order valence-electron chi connectivity index (χ3n) is 4.06. The molecule has 1 unspecified atom stereocenters. The van der Waals surface area contributed by atoms with Crippen molar-refractivity contribution in [2.24, 2.45) is 0 Å². The molecule has 1 aliphatic rings. The molecule has 0 spiro atoms. The summed E-state index contributed by atoms with van der Waals surface area (Å²) in [6.07, 6.45) is 3.62. The highest BCUT2D eigenvalue weighted by atomic mass is 16.5. The van der Waals surface area contributed by atoms with Gasteiger partial charge in [0.15, 0.2) is 0 Å². The van der Waals surface area contributed by atoms with E-state index >= 15 is 0 Å². The van der Waals surface area contributed by atoms with Crippen molar-refractivity contribution in [1.29, 1.82) is 0 Å². The van der Waals surface area contributed by atoms with Crippen LogP contribution in [0.1, 0.15) is 23.3 Å². The molecule has 0 radical (unpaired) electrons. The van der Waals surface area contributed by atoms with Crippen molar-refractivity contribution in [3.63, 3.8) is 0 Å². The number of amides is 1. The fraction of sp³-hybridized carbons (Fsp3) is 0.389. The van der Waals surface area contributed by atoms with E-state index in [1.54, 1.807) is 38.5 Å². The number of hydrogen-bond acceptors (Lipinski definition) is 7. The van der Waals surface area contributed by atoms with Gasteiger partial charge in [-0.2, -0.15) is 0 Å². The van der Waals surface area contributed by atoms with Gasteiger partial charge in [-0.25, -0.2) is 9.97 Å². The Hall–Kier alpha value is -2.87. The van der Waals surface area contributed by atoms with Gasteiger partial charge < -0.3 is 24.8 Å². The number of aromatic nitrogens is 2. The number of anilines is 2. The molecule has 1 fully saturated rings. The van der Waals surface area contributed by atoms with Gasteiger partial charge in [-0.05, 0) is 31.0 Å². The monoisotopic (exact) mass is 358 g/mol. The van der Waals surface area contributed by atoms with E-state index in [1.807, 2.05) is 0 Å². The maximum atomic E-state index is 12.3. The Morgan fingerprint density at radius 3 is 2.92 bits per heavy atom. The average Bonchev–Trinajstić information content (AvgIpc) is 3.20. The van der Waals surface area contributed by atoms with Gasteiger partial charge in [-0.3, -0.25) is 4.79 Å². The van der Waals surface area contributed by atoms with Crippen LogP contribution in [0, 0.1) is 0 Å². The summed E-state index contributed by atoms with van der Waals surface area (Å²) in [6.45, 7) is 1.24. The van der Waals surface area contributed by atoms with Gasteiger partial charge in [0, 0.05) is 25.4 Å². The van der Waals surface area contributed by atoms with Crippen molar-refractivity contribution >= 4 is 17.5 Å². The van der Waals surface area contributed by atoms with Gasteiger partial charge in [0.25, 0.3) is 5.91 Å². The van der Waals surface area contributed by atoms with Crippen LogP contribution < -0.4 is 20.1 Å². The van der Waals surface area contributed by atoms with Crippen LogP contribution in [0.5, 0.6) is 11.5 Å². The summed E-state index contributed by atoms with van der Waals surface area (Å²) >= 11 is 0. The van der Waals surface area contributed by atoms with E-state index in [2.05, 4.69) is 20.6 Å². The van der Waals surface area contributed by atoms with Gasteiger partial charge in [-0.15, -0.1) is 0 Å². The molecule has 1 amide bonds. The van der Waals surface area contributed by atoms with Crippen molar-refractivity contribution in [1.82, 2.24) is 15.3 Å². The molecule has 1 aliphatic heterocycles. The molecule has 8 heteroatoms. The minimum atomic E-state index is -0.257. The first-order valence-electron chi connectivity index (χ1n) is 8.41. The zero-order valence-electron chi connectivity index (χ0n) is 14.8. The summed E-state index contributed by atoms with van der Waals surface area (Å²) < 4.78 is 16.0. The van der Waals surface area contributed by atoms with Crippen molar-refractivity contribution in [2.45, 2.75) is 18.9 Å². The van der Waals surface area contributed by atoms with E-state index in [4.69, 9.17) is 14.2 Å². The second-order valence-electron chi connectivity index (χ2n) is 5.80. The van der Waals surface area contributed by atoms with Gasteiger partial charge in [0.05, 0.1) is 26.0 Å². The van der Waals surface area contributed by atoms with E-state index in [9.17, 15) is 4.79 Å². The maximum Gasteiger partial charge on any atom is 0.270 e. The summed E-state index contributed by atoms with van der Waals surface area (Å²) in [5.41, 5.74) is 0.957. The zero-order valence-corrected chi connectivity index (χ0v) is 14.8. The van der Waals surface area contributed by atoms with Crippen LogP contribution >= 0.6 is 0 Å². The van der Waals surface area contributed by atoms with E-state index in [1.165, 1.54) is 6.20 Å². The number of methoxy groups -OCH3 is 2. The van der Waals surface area contributed by atoms with Gasteiger partial charge in [-0.1, -0.05) is 0 Å². The zero-order chi connectivity index (χ0) is 18.4. The van der Waals surface area contributed by atoms with Gasteiger partial charge in [0.2, 0.25) is 5.95 Å². The number of nitrogens with one attached hydrogen (secondary N) is 2. The molecule has 1 aromatic heterocycles. The van der Waals surface area contributed by atoms with Crippen molar-refractivity contribution < 1.29 is 19.0 Å². The summed E-state index contributed by atoms with van der Waals surface area (Å²) in [4.78, 5) is 20.7. The first-order chi connectivity index (χ1) is 12.7. The predicted molar refractivity (Wildman–Crippen MR) is 96.2 cm³/mol. The summed E-state index contributed by atoms with van der Waals surface area (Å²) in [7, 11) is 3.15. The number of carbonyl (C=O) groups is 1. The Balaban J connectivity index is 1.68. The van der Waals surface area contributed by atoms with Crippen LogP contribution in [-0.2, 0) is 4.74 Å². The van der Waals surface area contributed by atoms with Crippen LogP contribution in [0.25, 0.3) is 0 Å². The van der Waals surface area contributed by atoms with E-state index in [0.717, 1.165) is 19.4 Å². The minimum absolute atomic E-state index is 0.0851. The van der Waals surface area contributed by atoms with E-state index in [-0.39, 0.29) is 17.7 Å². The van der Waals surface area contributed by atoms with E-state index in [0.29, 0.717) is 29.7 Å². The quantitative estimate of drug-likeness (QED) is 0.783. The van der Waals surface area contributed by atoms with Gasteiger partial charge in [0.1, 0.15) is 17.2 Å². The number of ether oxygens (including phenoxy) is 3. The number of rotatable bonds is 7. The highest BCUT2D eigenvalue weighted by molar-refractivity contribution is 5.92. The molecule has 2 heterocycles. The molecule has 0 aliphatic carbocycles. The molecule has 1 saturated heterocycles. The van der Waals surface area contributed by atoms with Gasteiger partial charge >= 0.3 is 0 Å². The van der Waals surface area contributed by atoms with Crippen LogP contribution in [0.4, 0.5) is 11.6 Å². The van der Waals surface area contributed by atoms with Crippen molar-refractivity contribution in [2.75, 3.05) is 32.7 Å². The van der Waals surface area contributed by atoms with E-state index < -0.39 is 0 Å². The summed E-state index contributed by atoms with van der Waals surface area (Å²) in [6, 6.07) is 6.91. The highest BCUT2D eigenvalue weighted by Gasteiger charge is 2.17. The summed E-state index contributed by atoms with van der Waals surface area (Å²) in [5.74, 6) is 1.31. The van der Waals surface area contributed by atoms with Crippen LogP contribution in [0.3, 0.4) is 0 Å². The normalized spacial score (nSPS) is 16.2. The third kappa shape index (κ3) is 4.40. The maximum absolute atomic E-state index is 12.3. The third-order valence-corrected chi connectivity index (χ3v) is 4.06. The fourth-order valence-corrected chi connectivity index (χ4v) is 2.67. The highest BCUT2D eigenvalue weighted by Crippen LogP contribution is 2.30. The SMILES string of the molecule is COc1ccc(Nc2nccc(C(=O)NCC3CCCO3)n2)c(OC)c1. The smallest absolute Gasteiger partial charge is 0.270 e. The molecule has 1 atom stereocenters. The Morgan fingerprint density at radius 2 is 2.19 bits per heavy atom. The lowest BCUT2D eigenvalue weighted by Gasteiger charge is -2.12. The second-order valence-corrected chi connectivity index (χ2v) is 5.80. The van der Waals surface area contributed by atoms with Crippen molar-refractivity contribution in [3.05, 3.63) is 36.2 Å². The Labute approximate surface area is 151 Å². The largest absolute Gasteiger partial charge is 0.497 e. The number of benzene rings is 1. The molecule has 138 valence electrons. The first-order valence-corrected chi connectivity index (χ1v) is 8.41. The van der Waals surface area contributed by atoms with Crippen LogP contribution in [-0.4, -0.2) is 49.4 Å². The Bertz CT molecular complexity index is 763.